The summed E-state index contributed by atoms with van der Waals surface area (Å²) in [5.41, 5.74) is 1.34. The van der Waals surface area contributed by atoms with Crippen molar-refractivity contribution in [3.8, 4) is 22.8 Å². The number of benzene rings is 2. The number of aromatic nitrogens is 1. The summed E-state index contributed by atoms with van der Waals surface area (Å²) in [6.45, 7) is 0. The van der Waals surface area contributed by atoms with Crippen molar-refractivity contribution in [2.24, 2.45) is 0 Å². The smallest absolute Gasteiger partial charge is 0.278 e. The minimum absolute atomic E-state index is 0.157. The Morgan fingerprint density at radius 1 is 1.12 bits per heavy atom. The van der Waals surface area contributed by atoms with E-state index in [1.54, 1.807) is 42.5 Å². The molecule has 0 spiro atoms. The molecule has 0 atom stereocenters. The van der Waals surface area contributed by atoms with E-state index in [0.717, 1.165) is 0 Å². The van der Waals surface area contributed by atoms with Gasteiger partial charge in [0.05, 0.1) is 14.2 Å². The zero-order chi connectivity index (χ0) is 17.8. The fraction of sp³-hybridized carbons (Fsp3) is 0.111. The second-order valence-electron chi connectivity index (χ2n) is 5.10. The number of amides is 1. The molecular weight excluding hydrogens is 344 g/mol. The van der Waals surface area contributed by atoms with E-state index < -0.39 is 5.91 Å². The maximum Gasteiger partial charge on any atom is 0.278 e. The molecule has 3 rings (SSSR count). The Hall–Kier alpha value is -2.99. The van der Waals surface area contributed by atoms with Crippen LogP contribution >= 0.6 is 11.6 Å². The van der Waals surface area contributed by atoms with E-state index in [9.17, 15) is 4.79 Å². The van der Waals surface area contributed by atoms with Crippen molar-refractivity contribution < 1.29 is 18.7 Å². The van der Waals surface area contributed by atoms with Gasteiger partial charge in [0.1, 0.15) is 11.5 Å². The Bertz CT molecular complexity index is 885. The van der Waals surface area contributed by atoms with E-state index in [0.29, 0.717) is 33.5 Å². The number of nitrogens with one attached hydrogen (secondary N) is 1. The Balaban J connectivity index is 1.89. The second kappa shape index (κ2) is 7.27. The summed E-state index contributed by atoms with van der Waals surface area (Å²) < 4.78 is 15.8. The van der Waals surface area contributed by atoms with Gasteiger partial charge in [0.15, 0.2) is 17.8 Å². The number of carbonyl (C=O) groups is 1. The van der Waals surface area contributed by atoms with E-state index >= 15 is 0 Å². The maximum absolute atomic E-state index is 12.6. The third-order valence-electron chi connectivity index (χ3n) is 3.48. The van der Waals surface area contributed by atoms with Gasteiger partial charge in [-0.15, -0.1) is 0 Å². The van der Waals surface area contributed by atoms with Crippen LogP contribution in [0.1, 0.15) is 10.5 Å². The minimum Gasteiger partial charge on any atom is -0.497 e. The Kier molecular flexibility index (Phi) is 4.90. The Morgan fingerprint density at radius 2 is 1.84 bits per heavy atom. The molecule has 3 aromatic rings. The summed E-state index contributed by atoms with van der Waals surface area (Å²) >= 11 is 6.00. The van der Waals surface area contributed by atoms with E-state index in [4.69, 9.17) is 25.5 Å². The van der Waals surface area contributed by atoms with Gasteiger partial charge in [-0.25, -0.2) is 4.98 Å². The first-order chi connectivity index (χ1) is 12.1. The lowest BCUT2D eigenvalue weighted by Crippen LogP contribution is -2.13. The highest BCUT2D eigenvalue weighted by atomic mass is 35.5. The molecule has 7 heteroatoms. The van der Waals surface area contributed by atoms with Gasteiger partial charge in [0.25, 0.3) is 5.91 Å². The molecule has 1 amide bonds. The number of carbonyl (C=O) groups excluding carboxylic acids is 1. The Labute approximate surface area is 149 Å². The lowest BCUT2D eigenvalue weighted by atomic mass is 10.1. The molecule has 128 valence electrons. The van der Waals surface area contributed by atoms with Crippen LogP contribution in [0.2, 0.25) is 5.02 Å². The first-order valence-electron chi connectivity index (χ1n) is 7.34. The molecule has 6 nitrogen and oxygen atoms in total. The number of oxazole rings is 1. The van der Waals surface area contributed by atoms with Crippen LogP contribution in [0.5, 0.6) is 11.5 Å². The summed E-state index contributed by atoms with van der Waals surface area (Å²) in [6.07, 6.45) is 1.22. The average molecular weight is 359 g/mol. The third kappa shape index (κ3) is 3.75. The fourth-order valence-corrected chi connectivity index (χ4v) is 2.50. The molecule has 0 aliphatic heterocycles. The molecule has 1 aromatic heterocycles. The molecule has 0 saturated carbocycles. The summed E-state index contributed by atoms with van der Waals surface area (Å²) in [7, 11) is 3.07. The van der Waals surface area contributed by atoms with Crippen molar-refractivity contribution in [2.45, 2.75) is 0 Å². The SMILES string of the molecule is COc1cc(NC(=O)c2ncoc2-c2cccc(Cl)c2)cc(OC)c1. The highest BCUT2D eigenvalue weighted by Crippen LogP contribution is 2.28. The number of hydrogen-bond acceptors (Lipinski definition) is 5. The van der Waals surface area contributed by atoms with E-state index in [2.05, 4.69) is 10.3 Å². The predicted molar refractivity (Wildman–Crippen MR) is 94.4 cm³/mol. The molecule has 25 heavy (non-hydrogen) atoms. The van der Waals surface area contributed by atoms with Crippen molar-refractivity contribution in [3.63, 3.8) is 0 Å². The number of methoxy groups -OCH3 is 2. The number of anilines is 1. The molecule has 0 aliphatic carbocycles. The highest BCUT2D eigenvalue weighted by Gasteiger charge is 2.19. The van der Waals surface area contributed by atoms with Crippen LogP contribution in [0.4, 0.5) is 5.69 Å². The summed E-state index contributed by atoms with van der Waals surface area (Å²) in [5, 5.41) is 3.30. The normalized spacial score (nSPS) is 10.4. The maximum atomic E-state index is 12.6. The van der Waals surface area contributed by atoms with Gasteiger partial charge in [0, 0.05) is 34.5 Å². The number of hydrogen-bond donors (Lipinski definition) is 1. The van der Waals surface area contributed by atoms with E-state index in [-0.39, 0.29) is 5.69 Å². The standard InChI is InChI=1S/C18H15ClN2O4/c1-23-14-7-13(8-15(9-14)24-2)21-18(22)16-17(25-10-20-16)11-4-3-5-12(19)6-11/h3-10H,1-2H3,(H,21,22). The molecule has 0 saturated heterocycles. The summed E-state index contributed by atoms with van der Waals surface area (Å²) in [5.74, 6) is 1.05. The molecule has 0 radical (unpaired) electrons. The number of halogens is 1. The van der Waals surface area contributed by atoms with Crippen molar-refractivity contribution in [1.82, 2.24) is 4.98 Å². The number of nitrogens with zero attached hydrogens (tertiary/aromatic N) is 1. The van der Waals surface area contributed by atoms with Crippen LogP contribution < -0.4 is 14.8 Å². The average Bonchev–Trinajstić information content (AvgIpc) is 3.11. The van der Waals surface area contributed by atoms with Crippen molar-refractivity contribution in [1.29, 1.82) is 0 Å². The van der Waals surface area contributed by atoms with Crippen LogP contribution in [-0.2, 0) is 0 Å². The van der Waals surface area contributed by atoms with Gasteiger partial charge in [-0.2, -0.15) is 0 Å². The quantitative estimate of drug-likeness (QED) is 0.737. The van der Waals surface area contributed by atoms with Crippen molar-refractivity contribution in [3.05, 3.63) is 59.6 Å². The molecule has 0 fully saturated rings. The van der Waals surface area contributed by atoms with Gasteiger partial charge >= 0.3 is 0 Å². The molecule has 1 N–H and O–H groups in total. The zero-order valence-corrected chi connectivity index (χ0v) is 14.3. The minimum atomic E-state index is -0.418. The molecule has 0 unspecified atom stereocenters. The zero-order valence-electron chi connectivity index (χ0n) is 13.6. The van der Waals surface area contributed by atoms with E-state index in [1.165, 1.54) is 20.6 Å². The van der Waals surface area contributed by atoms with Crippen LogP contribution in [-0.4, -0.2) is 25.1 Å². The monoisotopic (exact) mass is 358 g/mol. The fourth-order valence-electron chi connectivity index (χ4n) is 2.31. The summed E-state index contributed by atoms with van der Waals surface area (Å²) in [4.78, 5) is 16.6. The van der Waals surface area contributed by atoms with Gasteiger partial charge in [0.2, 0.25) is 0 Å². The highest BCUT2D eigenvalue weighted by molar-refractivity contribution is 6.30. The summed E-state index contributed by atoms with van der Waals surface area (Å²) in [6, 6.07) is 12.1. The van der Waals surface area contributed by atoms with E-state index in [1.807, 2.05) is 0 Å². The van der Waals surface area contributed by atoms with Gasteiger partial charge in [-0.05, 0) is 12.1 Å². The second-order valence-corrected chi connectivity index (χ2v) is 5.53. The van der Waals surface area contributed by atoms with Crippen molar-refractivity contribution >= 4 is 23.2 Å². The lowest BCUT2D eigenvalue weighted by molar-refractivity contribution is 0.102. The predicted octanol–water partition coefficient (Wildman–Crippen LogP) is 4.26. The lowest BCUT2D eigenvalue weighted by Gasteiger charge is -2.09. The molecule has 2 aromatic carbocycles. The first-order valence-corrected chi connectivity index (χ1v) is 7.72. The third-order valence-corrected chi connectivity index (χ3v) is 3.71. The topological polar surface area (TPSA) is 73.6 Å². The van der Waals surface area contributed by atoms with Crippen LogP contribution in [0.15, 0.2) is 53.3 Å². The largest absolute Gasteiger partial charge is 0.497 e. The molecule has 0 aliphatic rings. The Morgan fingerprint density at radius 3 is 2.48 bits per heavy atom. The van der Waals surface area contributed by atoms with Crippen molar-refractivity contribution in [2.75, 3.05) is 19.5 Å². The number of rotatable bonds is 5. The molecule has 0 bridgehead atoms. The first kappa shape index (κ1) is 16.9. The van der Waals surface area contributed by atoms with Gasteiger partial charge in [-0.1, -0.05) is 23.7 Å². The number of ether oxygens (including phenoxy) is 2. The van der Waals surface area contributed by atoms with Gasteiger partial charge in [-0.3, -0.25) is 4.79 Å². The van der Waals surface area contributed by atoms with Gasteiger partial charge < -0.3 is 19.2 Å². The molecule has 1 heterocycles. The van der Waals surface area contributed by atoms with Crippen LogP contribution in [0.25, 0.3) is 11.3 Å². The van der Waals surface area contributed by atoms with Crippen LogP contribution in [0, 0.1) is 0 Å². The van der Waals surface area contributed by atoms with Crippen LogP contribution in [0.3, 0.4) is 0 Å². The molecular formula is C18H15ClN2O4.